The molecule has 1 aromatic carbocycles. The maximum absolute atomic E-state index is 15.7. The van der Waals surface area contributed by atoms with Crippen molar-refractivity contribution in [3.8, 4) is 11.5 Å². The Bertz CT molecular complexity index is 2060. The van der Waals surface area contributed by atoms with E-state index in [1.807, 2.05) is 0 Å². The third-order valence-corrected chi connectivity index (χ3v) is 6.89. The van der Waals surface area contributed by atoms with Crippen LogP contribution in [0.3, 0.4) is 0 Å². The molecule has 276 valence electrons. The molecule has 0 aliphatic carbocycles. The number of rotatable bonds is 9. The van der Waals surface area contributed by atoms with Crippen molar-refractivity contribution < 1.29 is 55.7 Å². The van der Waals surface area contributed by atoms with Gasteiger partial charge in [0.2, 0.25) is 11.7 Å². The number of nitrogens with zero attached hydrogens (tertiary/aromatic N) is 4. The third kappa shape index (κ3) is 7.92. The Labute approximate surface area is 296 Å². The monoisotopic (exact) mass is 727 g/mol. The van der Waals surface area contributed by atoms with Gasteiger partial charge < -0.3 is 28.7 Å². The first-order valence-corrected chi connectivity index (χ1v) is 15.4. The smallest absolute Gasteiger partial charge is 0.420 e. The van der Waals surface area contributed by atoms with Gasteiger partial charge in [0.15, 0.2) is 40.3 Å². The van der Waals surface area contributed by atoms with E-state index in [9.17, 15) is 19.2 Å². The number of anilines is 4. The highest BCUT2D eigenvalue weighted by atomic mass is 19.1. The summed E-state index contributed by atoms with van der Waals surface area (Å²) in [6, 6.07) is 2.03. The van der Waals surface area contributed by atoms with Crippen LogP contribution in [-0.2, 0) is 14.3 Å². The number of fused-ring (bicyclic) bond motifs is 1. The second-order valence-electron chi connectivity index (χ2n) is 13.0. The number of nitrogens with one attached hydrogen (secondary N) is 1. The molecule has 14 nitrogen and oxygen atoms in total. The van der Waals surface area contributed by atoms with Crippen molar-refractivity contribution in [3.05, 3.63) is 72.2 Å². The quantitative estimate of drug-likeness (QED) is 0.135. The van der Waals surface area contributed by atoms with Gasteiger partial charge in [-0.25, -0.2) is 32.6 Å². The van der Waals surface area contributed by atoms with E-state index >= 15 is 13.2 Å². The summed E-state index contributed by atoms with van der Waals surface area (Å²) in [5.41, 5.74) is -4.74. The van der Waals surface area contributed by atoms with Crippen LogP contribution in [-0.4, -0.2) is 66.3 Å². The lowest BCUT2D eigenvalue weighted by atomic mass is 10.0. The van der Waals surface area contributed by atoms with Crippen LogP contribution in [0.15, 0.2) is 47.8 Å². The van der Waals surface area contributed by atoms with Crippen molar-refractivity contribution in [2.75, 3.05) is 36.4 Å². The fourth-order valence-corrected chi connectivity index (χ4v) is 4.75. The van der Waals surface area contributed by atoms with Crippen molar-refractivity contribution in [2.45, 2.75) is 52.7 Å². The minimum absolute atomic E-state index is 0.128. The maximum atomic E-state index is 15.7. The topological polar surface area (TPSA) is 163 Å². The lowest BCUT2D eigenvalue weighted by molar-refractivity contribution is -0.111. The van der Waals surface area contributed by atoms with Crippen LogP contribution in [0.4, 0.5) is 45.6 Å². The zero-order valence-electron chi connectivity index (χ0n) is 29.8. The van der Waals surface area contributed by atoms with Crippen molar-refractivity contribution in [1.29, 1.82) is 0 Å². The standard InChI is InChI=1S/C35H36F3N5O9/c1-11-24(44)41-19-15-39-14-18(36)29(19)43(33(47)52-35(5,6)7)23-12-17-22(16-40-23)50-31(28(17)42(8)32(46)51-34(2,3)4)30(45)25-26(37)20(48-9)13-21(49-10)27(25)38/h11-16H,1H2,2-10H3,(H,41,44). The molecule has 0 fully saturated rings. The molecule has 0 saturated heterocycles. The summed E-state index contributed by atoms with van der Waals surface area (Å²) in [5.74, 6) is -8.23. The first-order chi connectivity index (χ1) is 24.2. The molecule has 4 aromatic rings. The summed E-state index contributed by atoms with van der Waals surface area (Å²) in [6.45, 7) is 12.8. The van der Waals surface area contributed by atoms with E-state index in [0.29, 0.717) is 4.90 Å². The number of halogens is 3. The number of ether oxygens (including phenoxy) is 4. The summed E-state index contributed by atoms with van der Waals surface area (Å²) < 4.78 is 73.7. The highest BCUT2D eigenvalue weighted by Crippen LogP contribution is 2.42. The molecule has 3 aromatic heterocycles. The predicted octanol–water partition coefficient (Wildman–Crippen LogP) is 7.46. The average molecular weight is 728 g/mol. The van der Waals surface area contributed by atoms with Gasteiger partial charge in [0.05, 0.1) is 43.9 Å². The van der Waals surface area contributed by atoms with Gasteiger partial charge in [-0.3, -0.25) is 19.5 Å². The number of furan rings is 1. The van der Waals surface area contributed by atoms with Crippen LogP contribution < -0.4 is 24.6 Å². The molecule has 0 atom stereocenters. The summed E-state index contributed by atoms with van der Waals surface area (Å²) in [5, 5.41) is 2.25. The number of hydrogen-bond acceptors (Lipinski definition) is 11. The molecule has 17 heteroatoms. The van der Waals surface area contributed by atoms with Crippen molar-refractivity contribution in [1.82, 2.24) is 9.97 Å². The highest BCUT2D eigenvalue weighted by molar-refractivity contribution is 6.18. The molecule has 3 amide bonds. The second-order valence-corrected chi connectivity index (χ2v) is 13.0. The van der Waals surface area contributed by atoms with Gasteiger partial charge in [0, 0.05) is 13.1 Å². The average Bonchev–Trinajstić information content (AvgIpc) is 3.43. The van der Waals surface area contributed by atoms with Crippen molar-refractivity contribution in [2.24, 2.45) is 0 Å². The van der Waals surface area contributed by atoms with Gasteiger partial charge in [-0.15, -0.1) is 0 Å². The van der Waals surface area contributed by atoms with Crippen LogP contribution in [0.5, 0.6) is 11.5 Å². The van der Waals surface area contributed by atoms with Crippen LogP contribution in [0.2, 0.25) is 0 Å². The van der Waals surface area contributed by atoms with Crippen LogP contribution in [0, 0.1) is 17.5 Å². The maximum Gasteiger partial charge on any atom is 0.420 e. The molecule has 4 rings (SSSR count). The summed E-state index contributed by atoms with van der Waals surface area (Å²) in [4.78, 5) is 63.1. The molecular weight excluding hydrogens is 691 g/mol. The van der Waals surface area contributed by atoms with Gasteiger partial charge in [-0.05, 0) is 53.7 Å². The molecule has 0 aliphatic rings. The predicted molar refractivity (Wildman–Crippen MR) is 183 cm³/mol. The van der Waals surface area contributed by atoms with E-state index in [2.05, 4.69) is 21.9 Å². The molecule has 0 radical (unpaired) electrons. The summed E-state index contributed by atoms with van der Waals surface area (Å²) in [7, 11) is 3.39. The molecule has 0 unspecified atom stereocenters. The van der Waals surface area contributed by atoms with E-state index in [4.69, 9.17) is 23.4 Å². The number of aromatic nitrogens is 2. The highest BCUT2D eigenvalue weighted by Gasteiger charge is 2.36. The lowest BCUT2D eigenvalue weighted by Gasteiger charge is -2.28. The van der Waals surface area contributed by atoms with E-state index in [-0.39, 0.29) is 28.2 Å². The van der Waals surface area contributed by atoms with E-state index in [1.165, 1.54) is 7.05 Å². The molecule has 0 bridgehead atoms. The van der Waals surface area contributed by atoms with Gasteiger partial charge in [0.25, 0.3) is 0 Å². The fraction of sp³-hybridized carbons (Fsp3) is 0.314. The zero-order chi connectivity index (χ0) is 38.9. The van der Waals surface area contributed by atoms with Crippen molar-refractivity contribution >= 4 is 57.7 Å². The van der Waals surface area contributed by atoms with Crippen LogP contribution in [0.1, 0.15) is 57.7 Å². The summed E-state index contributed by atoms with van der Waals surface area (Å²) >= 11 is 0. The van der Waals surface area contributed by atoms with E-state index < -0.39 is 81.0 Å². The Morgan fingerprint density at radius 1 is 0.865 bits per heavy atom. The minimum Gasteiger partial charge on any atom is -0.494 e. The second kappa shape index (κ2) is 14.6. The number of methoxy groups -OCH3 is 2. The lowest BCUT2D eigenvalue weighted by Crippen LogP contribution is -2.35. The Balaban J connectivity index is 2.08. The van der Waals surface area contributed by atoms with E-state index in [1.54, 1.807) is 41.5 Å². The number of pyridine rings is 2. The van der Waals surface area contributed by atoms with E-state index in [0.717, 1.165) is 55.9 Å². The SMILES string of the molecule is C=CC(=O)Nc1cncc(F)c1N(C(=O)OC(C)(C)C)c1cc2c(N(C)C(=O)OC(C)(C)C)c(C(=O)c3c(F)c(OC)cc(OC)c3F)oc2cn1. The first kappa shape index (κ1) is 38.7. The Morgan fingerprint density at radius 2 is 1.44 bits per heavy atom. The normalized spacial score (nSPS) is 11.5. The van der Waals surface area contributed by atoms with Crippen molar-refractivity contribution in [3.63, 3.8) is 0 Å². The van der Waals surface area contributed by atoms with Gasteiger partial charge in [-0.1, -0.05) is 6.58 Å². The molecule has 0 saturated carbocycles. The molecule has 52 heavy (non-hydrogen) atoms. The molecule has 0 aliphatic heterocycles. The summed E-state index contributed by atoms with van der Waals surface area (Å²) in [6.07, 6.45) is 1.57. The van der Waals surface area contributed by atoms with Crippen LogP contribution in [0.25, 0.3) is 11.0 Å². The Morgan fingerprint density at radius 3 is 1.98 bits per heavy atom. The van der Waals surface area contributed by atoms with Crippen LogP contribution >= 0.6 is 0 Å². The fourth-order valence-electron chi connectivity index (χ4n) is 4.75. The van der Waals surface area contributed by atoms with Gasteiger partial charge in [0.1, 0.15) is 34.0 Å². The third-order valence-electron chi connectivity index (χ3n) is 6.89. The largest absolute Gasteiger partial charge is 0.494 e. The zero-order valence-corrected chi connectivity index (χ0v) is 29.8. The molecule has 1 N–H and O–H groups in total. The number of hydrogen-bond donors (Lipinski definition) is 1. The molecule has 3 heterocycles. The minimum atomic E-state index is -1.39. The molecular formula is C35H36F3N5O9. The Hall–Kier alpha value is -6.13. The number of carbonyl (C=O) groups is 4. The van der Waals surface area contributed by atoms with Gasteiger partial charge >= 0.3 is 12.2 Å². The number of ketones is 1. The molecule has 0 spiro atoms. The Kier molecular flexibility index (Phi) is 10.9. The number of carbonyl (C=O) groups excluding carboxylic acids is 4. The first-order valence-electron chi connectivity index (χ1n) is 15.4. The number of benzene rings is 1. The van der Waals surface area contributed by atoms with Gasteiger partial charge in [-0.2, -0.15) is 0 Å². The number of amides is 3.